The molecule has 7 heteroatoms. The summed E-state index contributed by atoms with van der Waals surface area (Å²) in [5.74, 6) is -0.329. The molecular weight excluding hydrogens is 271 g/mol. The first-order valence-corrected chi connectivity index (χ1v) is 5.95. The van der Waals surface area contributed by atoms with Gasteiger partial charge < -0.3 is 5.73 Å². The van der Waals surface area contributed by atoms with Crippen LogP contribution >= 0.6 is 0 Å². The van der Waals surface area contributed by atoms with Crippen molar-refractivity contribution in [3.05, 3.63) is 42.0 Å². The Kier molecular flexibility index (Phi) is 5.12. The highest BCUT2D eigenvalue weighted by atomic mass is 19.4. The van der Waals surface area contributed by atoms with Gasteiger partial charge in [-0.15, -0.1) is 6.58 Å². The topological polar surface area (TPSA) is 60.9 Å². The third-order valence-corrected chi connectivity index (χ3v) is 2.80. The number of nitrogen functional groups attached to an aromatic ring is 1. The molecule has 2 N–H and O–H groups in total. The van der Waals surface area contributed by atoms with Crippen molar-refractivity contribution >= 4 is 11.5 Å². The normalized spacial score (nSPS) is 12.9. The predicted octanol–water partition coefficient (Wildman–Crippen LogP) is 2.83. The third kappa shape index (κ3) is 4.91. The van der Waals surface area contributed by atoms with Gasteiger partial charge in [-0.05, 0) is 24.8 Å². The number of alkyl halides is 3. The molecule has 0 saturated carbocycles. The molecule has 1 rings (SSSR count). The SMILES string of the molecule is C=CC(CCC(F)(F)F)CC(=C)n1ccc(N)nc1=O. The maximum absolute atomic E-state index is 12.2. The van der Waals surface area contributed by atoms with Crippen LogP contribution in [0.25, 0.3) is 5.70 Å². The maximum Gasteiger partial charge on any atom is 0.389 e. The highest BCUT2D eigenvalue weighted by Gasteiger charge is 2.27. The Morgan fingerprint density at radius 2 is 2.20 bits per heavy atom. The molecule has 0 aliphatic rings. The van der Waals surface area contributed by atoms with E-state index in [9.17, 15) is 18.0 Å². The van der Waals surface area contributed by atoms with Crippen LogP contribution in [0, 0.1) is 5.92 Å². The van der Waals surface area contributed by atoms with Crippen molar-refractivity contribution in [1.29, 1.82) is 0 Å². The minimum absolute atomic E-state index is 0.0800. The number of allylic oxidation sites excluding steroid dienone is 2. The van der Waals surface area contributed by atoms with E-state index in [1.54, 1.807) is 0 Å². The summed E-state index contributed by atoms with van der Waals surface area (Å²) in [6.45, 7) is 7.21. The van der Waals surface area contributed by atoms with Gasteiger partial charge in [0.2, 0.25) is 0 Å². The smallest absolute Gasteiger partial charge is 0.383 e. The zero-order valence-electron chi connectivity index (χ0n) is 10.9. The molecule has 0 aliphatic carbocycles. The van der Waals surface area contributed by atoms with Gasteiger partial charge in [0.1, 0.15) is 5.82 Å². The lowest BCUT2D eigenvalue weighted by atomic mass is 9.98. The van der Waals surface area contributed by atoms with Gasteiger partial charge in [0, 0.05) is 18.3 Å². The van der Waals surface area contributed by atoms with Crippen LogP contribution in [0.4, 0.5) is 19.0 Å². The Balaban J connectivity index is 2.72. The molecular formula is C13H16F3N3O. The first-order valence-electron chi connectivity index (χ1n) is 5.95. The number of hydrogen-bond acceptors (Lipinski definition) is 3. The second-order valence-corrected chi connectivity index (χ2v) is 4.42. The van der Waals surface area contributed by atoms with Crippen LogP contribution in [-0.2, 0) is 0 Å². The monoisotopic (exact) mass is 287 g/mol. The van der Waals surface area contributed by atoms with Gasteiger partial charge in [-0.25, -0.2) is 4.79 Å². The van der Waals surface area contributed by atoms with Gasteiger partial charge in [-0.1, -0.05) is 12.7 Å². The summed E-state index contributed by atoms with van der Waals surface area (Å²) >= 11 is 0. The van der Waals surface area contributed by atoms with E-state index >= 15 is 0 Å². The van der Waals surface area contributed by atoms with E-state index in [0.29, 0.717) is 5.70 Å². The summed E-state index contributed by atoms with van der Waals surface area (Å²) in [6, 6.07) is 1.42. The lowest BCUT2D eigenvalue weighted by molar-refractivity contribution is -0.136. The fourth-order valence-corrected chi connectivity index (χ4v) is 1.71. The molecule has 110 valence electrons. The number of rotatable bonds is 6. The lowest BCUT2D eigenvalue weighted by Gasteiger charge is -2.16. The Hall–Kier alpha value is -2.05. The number of aromatic nitrogens is 2. The summed E-state index contributed by atoms with van der Waals surface area (Å²) in [6.07, 6.45) is -2.16. The number of anilines is 1. The molecule has 4 nitrogen and oxygen atoms in total. The van der Waals surface area contributed by atoms with Crippen molar-refractivity contribution in [2.75, 3.05) is 5.73 Å². The number of nitrogens with two attached hydrogens (primary N) is 1. The van der Waals surface area contributed by atoms with E-state index < -0.39 is 24.2 Å². The summed E-state index contributed by atoms with van der Waals surface area (Å²) in [5.41, 5.74) is 5.11. The quantitative estimate of drug-likeness (QED) is 0.818. The van der Waals surface area contributed by atoms with Crippen LogP contribution in [-0.4, -0.2) is 15.7 Å². The van der Waals surface area contributed by atoms with Crippen molar-refractivity contribution in [2.45, 2.75) is 25.4 Å². The van der Waals surface area contributed by atoms with Crippen LogP contribution < -0.4 is 11.4 Å². The minimum Gasteiger partial charge on any atom is -0.383 e. The van der Waals surface area contributed by atoms with Crippen LogP contribution in [0.3, 0.4) is 0 Å². The highest BCUT2D eigenvalue weighted by Crippen LogP contribution is 2.27. The fourth-order valence-electron chi connectivity index (χ4n) is 1.71. The number of nitrogens with zero attached hydrogens (tertiary/aromatic N) is 2. The average molecular weight is 287 g/mol. The van der Waals surface area contributed by atoms with Crippen molar-refractivity contribution in [2.24, 2.45) is 5.92 Å². The molecule has 1 heterocycles. The zero-order valence-corrected chi connectivity index (χ0v) is 10.9. The zero-order chi connectivity index (χ0) is 15.3. The summed E-state index contributed by atoms with van der Waals surface area (Å²) in [4.78, 5) is 15.1. The van der Waals surface area contributed by atoms with Gasteiger partial charge in [-0.3, -0.25) is 4.57 Å². The molecule has 1 aromatic heterocycles. The maximum atomic E-state index is 12.2. The second kappa shape index (κ2) is 6.40. The number of hydrogen-bond donors (Lipinski definition) is 1. The molecule has 0 spiro atoms. The third-order valence-electron chi connectivity index (χ3n) is 2.80. The van der Waals surface area contributed by atoms with E-state index in [2.05, 4.69) is 18.1 Å². The Bertz CT molecular complexity index is 549. The summed E-state index contributed by atoms with van der Waals surface area (Å²) in [5, 5.41) is 0. The highest BCUT2D eigenvalue weighted by molar-refractivity contribution is 5.42. The molecule has 1 atom stereocenters. The van der Waals surface area contributed by atoms with Crippen LogP contribution in [0.1, 0.15) is 19.3 Å². The van der Waals surface area contributed by atoms with Crippen molar-refractivity contribution in [1.82, 2.24) is 9.55 Å². The van der Waals surface area contributed by atoms with Gasteiger partial charge in [0.25, 0.3) is 0 Å². The summed E-state index contributed by atoms with van der Waals surface area (Å²) < 4.78 is 37.7. The molecule has 1 unspecified atom stereocenters. The molecule has 0 aliphatic heterocycles. The van der Waals surface area contributed by atoms with Gasteiger partial charge >= 0.3 is 11.9 Å². The molecule has 0 amide bonds. The van der Waals surface area contributed by atoms with E-state index in [1.807, 2.05) is 0 Å². The summed E-state index contributed by atoms with van der Waals surface area (Å²) in [7, 11) is 0. The van der Waals surface area contributed by atoms with E-state index in [1.165, 1.54) is 22.9 Å². The predicted molar refractivity (Wildman–Crippen MR) is 71.8 cm³/mol. The Morgan fingerprint density at radius 1 is 1.55 bits per heavy atom. The van der Waals surface area contributed by atoms with Gasteiger partial charge in [0.05, 0.1) is 0 Å². The van der Waals surface area contributed by atoms with E-state index in [0.717, 1.165) is 0 Å². The minimum atomic E-state index is -4.21. The van der Waals surface area contributed by atoms with E-state index in [-0.39, 0.29) is 18.7 Å². The average Bonchev–Trinajstić information content (AvgIpc) is 2.33. The standard InChI is InChI=1S/C13H16F3N3O/c1-3-10(4-6-13(14,15)16)8-9(2)19-7-5-11(17)18-12(19)20/h3,5,7,10H,1-2,4,6,8H2,(H2,17,18,20). The largest absolute Gasteiger partial charge is 0.389 e. The lowest BCUT2D eigenvalue weighted by Crippen LogP contribution is -2.23. The first-order chi connectivity index (χ1) is 9.23. The molecule has 0 aromatic carbocycles. The Morgan fingerprint density at radius 3 is 2.70 bits per heavy atom. The molecule has 0 fully saturated rings. The van der Waals surface area contributed by atoms with Crippen molar-refractivity contribution in [3.8, 4) is 0 Å². The molecule has 0 saturated heterocycles. The van der Waals surface area contributed by atoms with Crippen LogP contribution in [0.5, 0.6) is 0 Å². The van der Waals surface area contributed by atoms with E-state index in [4.69, 9.17) is 5.73 Å². The van der Waals surface area contributed by atoms with Crippen LogP contribution in [0.2, 0.25) is 0 Å². The van der Waals surface area contributed by atoms with Gasteiger partial charge in [-0.2, -0.15) is 18.2 Å². The van der Waals surface area contributed by atoms with Crippen molar-refractivity contribution < 1.29 is 13.2 Å². The molecule has 1 aromatic rings. The fraction of sp³-hybridized carbons (Fsp3) is 0.385. The van der Waals surface area contributed by atoms with Gasteiger partial charge in [0.15, 0.2) is 0 Å². The molecule has 0 radical (unpaired) electrons. The van der Waals surface area contributed by atoms with Crippen molar-refractivity contribution in [3.63, 3.8) is 0 Å². The Labute approximate surface area is 114 Å². The van der Waals surface area contributed by atoms with Crippen LogP contribution in [0.15, 0.2) is 36.3 Å². The first kappa shape index (κ1) is 16.0. The molecule has 0 bridgehead atoms. The molecule has 20 heavy (non-hydrogen) atoms. The number of halogens is 3. The second-order valence-electron chi connectivity index (χ2n) is 4.42.